The summed E-state index contributed by atoms with van der Waals surface area (Å²) in [5.41, 5.74) is 1.81. The van der Waals surface area contributed by atoms with E-state index in [9.17, 15) is 9.18 Å². The predicted molar refractivity (Wildman–Crippen MR) is 94.2 cm³/mol. The number of amides is 1. The van der Waals surface area contributed by atoms with Crippen molar-refractivity contribution in [3.05, 3.63) is 42.0 Å². The number of hydrogen-bond donors (Lipinski definition) is 2. The highest BCUT2D eigenvalue weighted by Crippen LogP contribution is 2.33. The monoisotopic (exact) mass is 342 g/mol. The van der Waals surface area contributed by atoms with Crippen molar-refractivity contribution in [1.82, 2.24) is 15.1 Å². The van der Waals surface area contributed by atoms with Crippen LogP contribution in [0.15, 0.2) is 30.6 Å². The quantitative estimate of drug-likeness (QED) is 0.901. The van der Waals surface area contributed by atoms with E-state index in [4.69, 9.17) is 0 Å². The molecule has 1 saturated carbocycles. The topological polar surface area (TPSA) is 59.0 Å². The standard InChI is InChI=1S/C19H23FN4O/c1-12-10-21-24(11-12)18-7-6-14(9-15(18)20)22-19(25)17-8-13-4-2-3-5-16(13)23-17/h6-7,9-11,13,16-17,23H,2-5,8H2,1H3,(H,22,25). The van der Waals surface area contributed by atoms with Crippen molar-refractivity contribution in [2.45, 2.75) is 51.1 Å². The number of halogens is 1. The van der Waals surface area contributed by atoms with Crippen molar-refractivity contribution in [3.63, 3.8) is 0 Å². The van der Waals surface area contributed by atoms with E-state index in [-0.39, 0.29) is 11.9 Å². The van der Waals surface area contributed by atoms with Crippen LogP contribution in [0.1, 0.15) is 37.7 Å². The molecule has 5 nitrogen and oxygen atoms in total. The maximum atomic E-state index is 14.4. The van der Waals surface area contributed by atoms with E-state index in [1.165, 1.54) is 30.0 Å². The third-order valence-electron chi connectivity index (χ3n) is 5.35. The lowest BCUT2D eigenvalue weighted by Crippen LogP contribution is -2.39. The van der Waals surface area contributed by atoms with Gasteiger partial charge in [-0.15, -0.1) is 0 Å². The number of aromatic nitrogens is 2. The minimum Gasteiger partial charge on any atom is -0.325 e. The second-order valence-electron chi connectivity index (χ2n) is 7.22. The number of nitrogens with zero attached hydrogens (tertiary/aromatic N) is 2. The molecule has 0 radical (unpaired) electrons. The fourth-order valence-corrected chi connectivity index (χ4v) is 4.07. The van der Waals surface area contributed by atoms with Crippen LogP contribution in [0.2, 0.25) is 0 Å². The summed E-state index contributed by atoms with van der Waals surface area (Å²) in [6.07, 6.45) is 9.18. The Morgan fingerprint density at radius 1 is 1.36 bits per heavy atom. The summed E-state index contributed by atoms with van der Waals surface area (Å²) in [6, 6.07) is 5.00. The first kappa shape index (κ1) is 16.3. The maximum Gasteiger partial charge on any atom is 0.241 e. The fraction of sp³-hybridized carbons (Fsp3) is 0.474. The van der Waals surface area contributed by atoms with Crippen molar-refractivity contribution in [1.29, 1.82) is 0 Å². The molecule has 0 bridgehead atoms. The average molecular weight is 342 g/mol. The Labute approximate surface area is 146 Å². The van der Waals surface area contributed by atoms with Crippen molar-refractivity contribution in [3.8, 4) is 5.69 Å². The molecular weight excluding hydrogens is 319 g/mol. The third kappa shape index (κ3) is 3.31. The molecule has 3 unspecified atom stereocenters. The first-order valence-corrected chi connectivity index (χ1v) is 8.98. The van der Waals surface area contributed by atoms with E-state index in [1.807, 2.05) is 6.92 Å². The molecule has 4 rings (SSSR count). The van der Waals surface area contributed by atoms with Crippen molar-refractivity contribution in [2.75, 3.05) is 5.32 Å². The number of rotatable bonds is 3. The molecule has 2 aliphatic rings. The van der Waals surface area contributed by atoms with Crippen LogP contribution in [-0.4, -0.2) is 27.8 Å². The maximum absolute atomic E-state index is 14.4. The highest BCUT2D eigenvalue weighted by molar-refractivity contribution is 5.95. The first-order valence-electron chi connectivity index (χ1n) is 8.98. The Balaban J connectivity index is 1.44. The fourth-order valence-electron chi connectivity index (χ4n) is 4.07. The number of benzene rings is 1. The van der Waals surface area contributed by atoms with Gasteiger partial charge in [0.05, 0.1) is 12.2 Å². The van der Waals surface area contributed by atoms with E-state index in [0.717, 1.165) is 18.4 Å². The molecule has 2 N–H and O–H groups in total. The number of fused-ring (bicyclic) bond motifs is 1. The lowest BCUT2D eigenvalue weighted by molar-refractivity contribution is -0.117. The molecular formula is C19H23FN4O. The third-order valence-corrected chi connectivity index (χ3v) is 5.35. The Bertz CT molecular complexity index is 773. The summed E-state index contributed by atoms with van der Waals surface area (Å²) in [6.45, 7) is 1.90. The predicted octanol–water partition coefficient (Wildman–Crippen LogP) is 3.18. The molecule has 3 atom stereocenters. The average Bonchev–Trinajstić information content (AvgIpc) is 3.21. The minimum atomic E-state index is -0.408. The van der Waals surface area contributed by atoms with Gasteiger partial charge in [-0.1, -0.05) is 12.8 Å². The number of hydrogen-bond acceptors (Lipinski definition) is 3. The molecule has 1 aliphatic heterocycles. The van der Waals surface area contributed by atoms with Gasteiger partial charge in [0.15, 0.2) is 5.82 Å². The van der Waals surface area contributed by atoms with Crippen LogP contribution >= 0.6 is 0 Å². The van der Waals surface area contributed by atoms with Crippen LogP contribution in [0.4, 0.5) is 10.1 Å². The number of aryl methyl sites for hydroxylation is 1. The summed E-state index contributed by atoms with van der Waals surface area (Å²) >= 11 is 0. The molecule has 0 spiro atoms. The van der Waals surface area contributed by atoms with E-state index in [0.29, 0.717) is 23.3 Å². The van der Waals surface area contributed by atoms with Crippen LogP contribution in [0, 0.1) is 18.7 Å². The van der Waals surface area contributed by atoms with Crippen molar-refractivity contribution < 1.29 is 9.18 Å². The number of nitrogens with one attached hydrogen (secondary N) is 2. The summed E-state index contributed by atoms with van der Waals surface area (Å²) in [4.78, 5) is 12.5. The van der Waals surface area contributed by atoms with Crippen molar-refractivity contribution in [2.24, 2.45) is 5.92 Å². The van der Waals surface area contributed by atoms with Gasteiger partial charge in [0.2, 0.25) is 5.91 Å². The van der Waals surface area contributed by atoms with Crippen LogP contribution in [0.25, 0.3) is 5.69 Å². The van der Waals surface area contributed by atoms with Crippen LogP contribution < -0.4 is 10.6 Å². The van der Waals surface area contributed by atoms with Crippen molar-refractivity contribution >= 4 is 11.6 Å². The van der Waals surface area contributed by atoms with Crippen LogP contribution in [-0.2, 0) is 4.79 Å². The molecule has 2 heterocycles. The molecule has 132 valence electrons. The van der Waals surface area contributed by atoms with Gasteiger partial charge in [-0.25, -0.2) is 9.07 Å². The Hall–Kier alpha value is -2.21. The molecule has 1 saturated heterocycles. The van der Waals surface area contributed by atoms with Gasteiger partial charge in [-0.3, -0.25) is 4.79 Å². The van der Waals surface area contributed by atoms with Gasteiger partial charge >= 0.3 is 0 Å². The van der Waals surface area contributed by atoms with Crippen LogP contribution in [0.5, 0.6) is 0 Å². The highest BCUT2D eigenvalue weighted by atomic mass is 19.1. The summed E-state index contributed by atoms with van der Waals surface area (Å²) < 4.78 is 15.9. The van der Waals surface area contributed by atoms with Gasteiger partial charge in [0.25, 0.3) is 0 Å². The molecule has 2 aromatic rings. The van der Waals surface area contributed by atoms with E-state index >= 15 is 0 Å². The smallest absolute Gasteiger partial charge is 0.241 e. The SMILES string of the molecule is Cc1cnn(-c2ccc(NC(=O)C3CC4CCCCC4N3)cc2F)c1. The molecule has 1 aromatic heterocycles. The summed E-state index contributed by atoms with van der Waals surface area (Å²) in [5, 5.41) is 10.4. The normalized spacial score (nSPS) is 25.6. The van der Waals surface area contributed by atoms with E-state index < -0.39 is 5.82 Å². The second-order valence-corrected chi connectivity index (χ2v) is 7.22. The Morgan fingerprint density at radius 2 is 2.20 bits per heavy atom. The first-order chi connectivity index (χ1) is 12.1. The van der Waals surface area contributed by atoms with Gasteiger partial charge in [0, 0.05) is 17.9 Å². The largest absolute Gasteiger partial charge is 0.325 e. The number of carbonyl (C=O) groups is 1. The van der Waals surface area contributed by atoms with Gasteiger partial charge < -0.3 is 10.6 Å². The molecule has 6 heteroatoms. The second kappa shape index (κ2) is 6.59. The summed E-state index contributed by atoms with van der Waals surface area (Å²) in [5.74, 6) is 0.122. The molecule has 25 heavy (non-hydrogen) atoms. The minimum absolute atomic E-state index is 0.0727. The Morgan fingerprint density at radius 3 is 2.92 bits per heavy atom. The number of carbonyl (C=O) groups excluding carboxylic acids is 1. The van der Waals surface area contributed by atoms with E-state index in [1.54, 1.807) is 24.5 Å². The van der Waals surface area contributed by atoms with Gasteiger partial charge in [0.1, 0.15) is 5.69 Å². The molecule has 1 aliphatic carbocycles. The van der Waals surface area contributed by atoms with Crippen LogP contribution in [0.3, 0.4) is 0 Å². The molecule has 2 fully saturated rings. The van der Waals surface area contributed by atoms with E-state index in [2.05, 4.69) is 15.7 Å². The highest BCUT2D eigenvalue weighted by Gasteiger charge is 2.38. The molecule has 1 aromatic carbocycles. The van der Waals surface area contributed by atoms with Gasteiger partial charge in [-0.05, 0) is 55.9 Å². The summed E-state index contributed by atoms with van der Waals surface area (Å²) in [7, 11) is 0. The Kier molecular flexibility index (Phi) is 4.29. The lowest BCUT2D eigenvalue weighted by atomic mass is 9.85. The lowest BCUT2D eigenvalue weighted by Gasteiger charge is -2.24. The molecule has 1 amide bonds. The zero-order valence-electron chi connectivity index (χ0n) is 14.3. The zero-order valence-corrected chi connectivity index (χ0v) is 14.3. The van der Waals surface area contributed by atoms with Gasteiger partial charge in [-0.2, -0.15) is 5.10 Å². The zero-order chi connectivity index (χ0) is 17.4. The number of anilines is 1.